The van der Waals surface area contributed by atoms with E-state index in [0.717, 1.165) is 23.4 Å². The van der Waals surface area contributed by atoms with Crippen LogP contribution in [0.15, 0.2) is 22.7 Å². The fourth-order valence-electron chi connectivity index (χ4n) is 1.77. The Morgan fingerprint density at radius 1 is 1.30 bits per heavy atom. The summed E-state index contributed by atoms with van der Waals surface area (Å²) in [6.45, 7) is 3.94. The second-order valence-corrected chi connectivity index (χ2v) is 4.76. The van der Waals surface area contributed by atoms with E-state index in [4.69, 9.17) is 16.1 Å². The zero-order valence-corrected chi connectivity index (χ0v) is 11.6. The first kappa shape index (κ1) is 14.7. The van der Waals surface area contributed by atoms with E-state index >= 15 is 0 Å². The third-order valence-corrected chi connectivity index (χ3v) is 3.25. The lowest BCUT2D eigenvalue weighted by atomic mass is 10.1. The minimum Gasteiger partial charge on any atom is -0.380 e. The molecule has 1 heterocycles. The molecule has 7 heteroatoms. The minimum absolute atomic E-state index is 0.0200. The van der Waals surface area contributed by atoms with Gasteiger partial charge in [0.2, 0.25) is 0 Å². The Hall–Kier alpha value is -1.69. The summed E-state index contributed by atoms with van der Waals surface area (Å²) < 4.78 is 42.6. The number of aromatic nitrogens is 1. The number of nitrogens with one attached hydrogen (secondary N) is 1. The maximum Gasteiger partial charge on any atom is 0.416 e. The average Bonchev–Trinajstić information content (AvgIpc) is 2.67. The van der Waals surface area contributed by atoms with Crippen molar-refractivity contribution in [2.24, 2.45) is 0 Å². The van der Waals surface area contributed by atoms with Crippen LogP contribution in [0.1, 0.15) is 22.6 Å². The molecule has 0 spiro atoms. The summed E-state index contributed by atoms with van der Waals surface area (Å²) in [5.41, 5.74) is 1.25. The van der Waals surface area contributed by atoms with Gasteiger partial charge in [-0.3, -0.25) is 0 Å². The molecular weight excluding hydrogens is 293 g/mol. The molecule has 2 aromatic rings. The lowest BCUT2D eigenvalue weighted by Gasteiger charge is -2.11. The van der Waals surface area contributed by atoms with Crippen molar-refractivity contribution in [2.45, 2.75) is 26.6 Å². The highest BCUT2D eigenvalue weighted by Gasteiger charge is 2.30. The SMILES string of the molecule is Cc1noc(C)c1CNc1ccc(C(F)(F)F)cc1Cl. The molecule has 0 unspecified atom stereocenters. The smallest absolute Gasteiger partial charge is 0.380 e. The largest absolute Gasteiger partial charge is 0.416 e. The summed E-state index contributed by atoms with van der Waals surface area (Å²) in [6.07, 6.45) is -4.40. The highest BCUT2D eigenvalue weighted by molar-refractivity contribution is 6.33. The van der Waals surface area contributed by atoms with E-state index in [9.17, 15) is 13.2 Å². The molecule has 0 aliphatic rings. The van der Waals surface area contributed by atoms with E-state index in [0.29, 0.717) is 18.0 Å². The van der Waals surface area contributed by atoms with Crippen LogP contribution in [-0.2, 0) is 12.7 Å². The molecule has 20 heavy (non-hydrogen) atoms. The Labute approximate surface area is 118 Å². The number of hydrogen-bond donors (Lipinski definition) is 1. The summed E-state index contributed by atoms with van der Waals surface area (Å²) in [7, 11) is 0. The molecule has 1 aromatic heterocycles. The third kappa shape index (κ3) is 3.07. The van der Waals surface area contributed by atoms with Crippen LogP contribution in [0.4, 0.5) is 18.9 Å². The zero-order valence-electron chi connectivity index (χ0n) is 10.8. The number of benzene rings is 1. The number of hydrogen-bond acceptors (Lipinski definition) is 3. The van der Waals surface area contributed by atoms with Crippen molar-refractivity contribution in [3.05, 3.63) is 45.8 Å². The van der Waals surface area contributed by atoms with Crippen molar-refractivity contribution in [3.8, 4) is 0 Å². The number of halogens is 4. The molecule has 108 valence electrons. The van der Waals surface area contributed by atoms with Crippen molar-refractivity contribution in [3.63, 3.8) is 0 Å². The van der Waals surface area contributed by atoms with Crippen LogP contribution in [0.5, 0.6) is 0 Å². The van der Waals surface area contributed by atoms with Crippen LogP contribution in [0.3, 0.4) is 0 Å². The molecule has 2 rings (SSSR count). The van der Waals surface area contributed by atoms with Crippen molar-refractivity contribution >= 4 is 17.3 Å². The molecule has 0 radical (unpaired) electrons. The number of alkyl halides is 3. The van der Waals surface area contributed by atoms with Crippen LogP contribution < -0.4 is 5.32 Å². The van der Waals surface area contributed by atoms with Gasteiger partial charge < -0.3 is 9.84 Å². The summed E-state index contributed by atoms with van der Waals surface area (Å²) in [6, 6.07) is 3.20. The van der Waals surface area contributed by atoms with Gasteiger partial charge in [-0.2, -0.15) is 13.2 Å². The van der Waals surface area contributed by atoms with Gasteiger partial charge in [0.1, 0.15) is 5.76 Å². The minimum atomic E-state index is -4.40. The van der Waals surface area contributed by atoms with Crippen LogP contribution in [0, 0.1) is 13.8 Å². The van der Waals surface area contributed by atoms with Crippen LogP contribution in [0.2, 0.25) is 5.02 Å². The van der Waals surface area contributed by atoms with E-state index in [-0.39, 0.29) is 5.02 Å². The Morgan fingerprint density at radius 3 is 2.50 bits per heavy atom. The van der Waals surface area contributed by atoms with Gasteiger partial charge in [0.05, 0.1) is 22.0 Å². The normalized spacial score (nSPS) is 11.7. The van der Waals surface area contributed by atoms with Crippen LogP contribution in [0.25, 0.3) is 0 Å². The Kier molecular flexibility index (Phi) is 3.94. The van der Waals surface area contributed by atoms with Crippen molar-refractivity contribution in [1.82, 2.24) is 5.16 Å². The molecule has 0 amide bonds. The Balaban J connectivity index is 2.15. The molecule has 0 aliphatic heterocycles. The topological polar surface area (TPSA) is 38.1 Å². The van der Waals surface area contributed by atoms with E-state index in [1.165, 1.54) is 6.07 Å². The van der Waals surface area contributed by atoms with Gasteiger partial charge in [0.25, 0.3) is 0 Å². The second-order valence-electron chi connectivity index (χ2n) is 4.35. The van der Waals surface area contributed by atoms with Crippen LogP contribution >= 0.6 is 11.6 Å². The summed E-state index contributed by atoms with van der Waals surface area (Å²) in [5, 5.41) is 6.80. The van der Waals surface area contributed by atoms with Gasteiger partial charge in [0.15, 0.2) is 0 Å². The van der Waals surface area contributed by atoms with Gasteiger partial charge in [-0.15, -0.1) is 0 Å². The lowest BCUT2D eigenvalue weighted by molar-refractivity contribution is -0.137. The predicted octanol–water partition coefficient (Wildman–Crippen LogP) is 4.58. The van der Waals surface area contributed by atoms with E-state index in [2.05, 4.69) is 10.5 Å². The van der Waals surface area contributed by atoms with Crippen molar-refractivity contribution in [2.75, 3.05) is 5.32 Å². The molecule has 0 saturated heterocycles. The zero-order chi connectivity index (χ0) is 14.9. The van der Waals surface area contributed by atoms with Crippen LogP contribution in [-0.4, -0.2) is 5.16 Å². The molecule has 0 aliphatic carbocycles. The monoisotopic (exact) mass is 304 g/mol. The highest BCUT2D eigenvalue weighted by Crippen LogP contribution is 2.34. The van der Waals surface area contributed by atoms with Crippen molar-refractivity contribution < 1.29 is 17.7 Å². The number of anilines is 1. The van der Waals surface area contributed by atoms with E-state index < -0.39 is 11.7 Å². The molecule has 0 bridgehead atoms. The molecule has 0 fully saturated rings. The summed E-state index contributed by atoms with van der Waals surface area (Å²) in [5.74, 6) is 0.665. The van der Waals surface area contributed by atoms with Gasteiger partial charge in [-0.05, 0) is 32.0 Å². The average molecular weight is 305 g/mol. The predicted molar refractivity (Wildman–Crippen MR) is 69.8 cm³/mol. The van der Waals surface area contributed by atoms with E-state index in [1.54, 1.807) is 13.8 Å². The quantitative estimate of drug-likeness (QED) is 0.902. The van der Waals surface area contributed by atoms with Crippen molar-refractivity contribution in [1.29, 1.82) is 0 Å². The molecule has 1 aromatic carbocycles. The fourth-order valence-corrected chi connectivity index (χ4v) is 2.02. The molecule has 3 nitrogen and oxygen atoms in total. The first-order valence-electron chi connectivity index (χ1n) is 5.81. The fraction of sp³-hybridized carbons (Fsp3) is 0.308. The maximum atomic E-state index is 12.5. The molecule has 1 N–H and O–H groups in total. The van der Waals surface area contributed by atoms with Gasteiger partial charge in [-0.1, -0.05) is 16.8 Å². The highest BCUT2D eigenvalue weighted by atomic mass is 35.5. The Bertz CT molecular complexity index is 603. The van der Waals surface area contributed by atoms with Gasteiger partial charge in [-0.25, -0.2) is 0 Å². The lowest BCUT2D eigenvalue weighted by Crippen LogP contribution is -2.06. The molecular formula is C13H12ClF3N2O. The second kappa shape index (κ2) is 5.36. The third-order valence-electron chi connectivity index (χ3n) is 2.93. The molecule has 0 saturated carbocycles. The standard InChI is InChI=1S/C13H12ClF3N2O/c1-7-10(8(2)20-19-7)6-18-12-4-3-9(5-11(12)14)13(15,16)17/h3-5,18H,6H2,1-2H3. The maximum absolute atomic E-state index is 12.5. The summed E-state index contributed by atoms with van der Waals surface area (Å²) in [4.78, 5) is 0. The first-order valence-corrected chi connectivity index (χ1v) is 6.19. The van der Waals surface area contributed by atoms with Gasteiger partial charge in [0, 0.05) is 12.1 Å². The van der Waals surface area contributed by atoms with Gasteiger partial charge >= 0.3 is 6.18 Å². The van der Waals surface area contributed by atoms with E-state index in [1.807, 2.05) is 0 Å². The summed E-state index contributed by atoms with van der Waals surface area (Å²) >= 11 is 5.85. The number of rotatable bonds is 3. The molecule has 0 atom stereocenters. The number of aryl methyl sites for hydroxylation is 2. The Morgan fingerprint density at radius 2 is 2.00 bits per heavy atom. The number of nitrogens with zero attached hydrogens (tertiary/aromatic N) is 1. The first-order chi connectivity index (χ1) is 9.29.